The van der Waals surface area contributed by atoms with Crippen LogP contribution in [0.1, 0.15) is 47.4 Å². The van der Waals surface area contributed by atoms with E-state index in [0.29, 0.717) is 0 Å². The highest BCUT2D eigenvalue weighted by atomic mass is 32.1. The molecule has 22 heavy (non-hydrogen) atoms. The van der Waals surface area contributed by atoms with Crippen molar-refractivity contribution in [1.82, 2.24) is 4.98 Å². The minimum absolute atomic E-state index is 0.815. The average molecular weight is 308 g/mol. The molecule has 0 atom stereocenters. The Hall–Kier alpha value is -1.92. The van der Waals surface area contributed by atoms with Crippen LogP contribution in [-0.4, -0.2) is 4.98 Å². The first-order valence-electron chi connectivity index (χ1n) is 7.76. The zero-order valence-electron chi connectivity index (χ0n) is 13.4. The van der Waals surface area contributed by atoms with Crippen LogP contribution < -0.4 is 0 Å². The van der Waals surface area contributed by atoms with Crippen LogP contribution >= 0.6 is 11.3 Å². The predicted octanol–water partition coefficient (Wildman–Crippen LogP) is 5.59. The average Bonchev–Trinajstić information content (AvgIpc) is 3.16. The zero-order valence-corrected chi connectivity index (χ0v) is 14.2. The molecule has 2 aromatic rings. The van der Waals surface area contributed by atoms with Crippen LogP contribution in [0.25, 0.3) is 16.8 Å². The molecule has 0 spiro atoms. The summed E-state index contributed by atoms with van der Waals surface area (Å²) in [4.78, 5) is 4.77. The number of aryl methyl sites for hydroxylation is 3. The van der Waals surface area contributed by atoms with Crippen LogP contribution in [0.5, 0.6) is 0 Å². The zero-order chi connectivity index (χ0) is 15.7. The van der Waals surface area contributed by atoms with Gasteiger partial charge in [0, 0.05) is 10.9 Å². The third-order valence-corrected chi connectivity index (χ3v) is 5.37. The van der Waals surface area contributed by atoms with E-state index in [1.165, 1.54) is 40.7 Å². The van der Waals surface area contributed by atoms with Crippen molar-refractivity contribution in [2.45, 2.75) is 46.5 Å². The van der Waals surface area contributed by atoms with Crippen LogP contribution in [0.3, 0.4) is 0 Å². The van der Waals surface area contributed by atoms with Crippen LogP contribution in [-0.2, 0) is 0 Å². The maximum absolute atomic E-state index is 9.51. The van der Waals surface area contributed by atoms with Gasteiger partial charge in [-0.1, -0.05) is 6.07 Å². The molecule has 0 radical (unpaired) electrons. The van der Waals surface area contributed by atoms with E-state index in [2.05, 4.69) is 44.4 Å². The molecule has 1 aromatic carbocycles. The molecule has 112 valence electrons. The molecule has 1 fully saturated rings. The molecule has 0 saturated heterocycles. The Morgan fingerprint density at radius 2 is 1.77 bits per heavy atom. The monoisotopic (exact) mass is 308 g/mol. The standard InChI is InChI=1S/C19H20N2S/c1-12-8-14(3)16(9-13(12)2)18-11-22-19(21-18)17(10-20)15-6-4-5-7-15/h8-9,11H,4-7H2,1-3H3. The molecule has 1 heterocycles. The van der Waals surface area contributed by atoms with Crippen molar-refractivity contribution in [2.24, 2.45) is 0 Å². The SMILES string of the molecule is Cc1cc(C)c(-c2csc(C(C#N)=C3CCCC3)n2)cc1C. The Labute approximate surface area is 136 Å². The van der Waals surface area contributed by atoms with Gasteiger partial charge in [-0.3, -0.25) is 0 Å². The van der Waals surface area contributed by atoms with Gasteiger partial charge in [0.25, 0.3) is 0 Å². The number of rotatable bonds is 2. The molecule has 3 heteroatoms. The largest absolute Gasteiger partial charge is 0.235 e. The normalized spacial score (nSPS) is 14.2. The summed E-state index contributed by atoms with van der Waals surface area (Å²) in [6.45, 7) is 6.39. The van der Waals surface area contributed by atoms with E-state index in [9.17, 15) is 5.26 Å². The summed E-state index contributed by atoms with van der Waals surface area (Å²) in [6.07, 6.45) is 4.52. The fourth-order valence-corrected chi connectivity index (χ4v) is 3.94. The first kappa shape index (κ1) is 15.0. The first-order valence-corrected chi connectivity index (χ1v) is 8.64. The van der Waals surface area contributed by atoms with E-state index in [4.69, 9.17) is 4.98 Å². The molecule has 0 unspecified atom stereocenters. The molecule has 1 aliphatic rings. The van der Waals surface area contributed by atoms with Crippen molar-refractivity contribution in [3.63, 3.8) is 0 Å². The number of hydrogen-bond donors (Lipinski definition) is 0. The van der Waals surface area contributed by atoms with Gasteiger partial charge in [0.15, 0.2) is 0 Å². The highest BCUT2D eigenvalue weighted by molar-refractivity contribution is 7.11. The number of thiazole rings is 1. The van der Waals surface area contributed by atoms with Crippen LogP contribution in [0.4, 0.5) is 0 Å². The van der Waals surface area contributed by atoms with Gasteiger partial charge < -0.3 is 0 Å². The van der Waals surface area contributed by atoms with Gasteiger partial charge in [0.2, 0.25) is 0 Å². The molecule has 0 amide bonds. The molecular weight excluding hydrogens is 288 g/mol. The summed E-state index contributed by atoms with van der Waals surface area (Å²) in [5.74, 6) is 0. The number of allylic oxidation sites excluding steroid dienone is 2. The third-order valence-electron chi connectivity index (χ3n) is 4.51. The number of nitrogens with zero attached hydrogens (tertiary/aromatic N) is 2. The number of aromatic nitrogens is 1. The lowest BCUT2D eigenvalue weighted by molar-refractivity contribution is 0.886. The highest BCUT2D eigenvalue weighted by Crippen LogP contribution is 2.35. The van der Waals surface area contributed by atoms with E-state index in [1.807, 2.05) is 0 Å². The fraction of sp³-hybridized carbons (Fsp3) is 0.368. The summed E-state index contributed by atoms with van der Waals surface area (Å²) in [5.41, 5.74) is 8.11. The number of benzene rings is 1. The molecule has 1 aliphatic carbocycles. The Balaban J connectivity index is 2.03. The summed E-state index contributed by atoms with van der Waals surface area (Å²) < 4.78 is 0. The van der Waals surface area contributed by atoms with Gasteiger partial charge in [-0.25, -0.2) is 4.98 Å². The highest BCUT2D eigenvalue weighted by Gasteiger charge is 2.17. The number of hydrogen-bond acceptors (Lipinski definition) is 3. The van der Waals surface area contributed by atoms with Gasteiger partial charge in [-0.05, 0) is 74.8 Å². The summed E-state index contributed by atoms with van der Waals surface area (Å²) in [7, 11) is 0. The molecule has 1 saturated carbocycles. The molecule has 0 N–H and O–H groups in total. The molecule has 3 rings (SSSR count). The van der Waals surface area contributed by atoms with Crippen molar-refractivity contribution < 1.29 is 0 Å². The molecular formula is C19H20N2S. The maximum Gasteiger partial charge on any atom is 0.134 e. The quantitative estimate of drug-likeness (QED) is 0.678. The first-order chi connectivity index (χ1) is 10.6. The second-order valence-electron chi connectivity index (χ2n) is 6.09. The Bertz CT molecular complexity index is 782. The third kappa shape index (κ3) is 2.71. The Kier molecular flexibility index (Phi) is 4.13. The summed E-state index contributed by atoms with van der Waals surface area (Å²) >= 11 is 1.59. The van der Waals surface area contributed by atoms with Crippen molar-refractivity contribution in [1.29, 1.82) is 5.26 Å². The van der Waals surface area contributed by atoms with Crippen LogP contribution in [0, 0.1) is 32.1 Å². The molecule has 0 bridgehead atoms. The summed E-state index contributed by atoms with van der Waals surface area (Å²) in [5, 5.41) is 12.5. The van der Waals surface area contributed by atoms with E-state index < -0.39 is 0 Å². The minimum atomic E-state index is 0.815. The van der Waals surface area contributed by atoms with Crippen LogP contribution in [0.15, 0.2) is 23.1 Å². The van der Waals surface area contributed by atoms with Crippen molar-refractivity contribution in [2.75, 3.05) is 0 Å². The minimum Gasteiger partial charge on any atom is -0.235 e. The van der Waals surface area contributed by atoms with E-state index in [-0.39, 0.29) is 0 Å². The van der Waals surface area contributed by atoms with E-state index >= 15 is 0 Å². The van der Waals surface area contributed by atoms with E-state index in [1.54, 1.807) is 11.3 Å². The van der Waals surface area contributed by atoms with E-state index in [0.717, 1.165) is 29.1 Å². The lowest BCUT2D eigenvalue weighted by Gasteiger charge is -2.07. The lowest BCUT2D eigenvalue weighted by Crippen LogP contribution is -1.90. The van der Waals surface area contributed by atoms with Crippen molar-refractivity contribution in [3.05, 3.63) is 44.8 Å². The topological polar surface area (TPSA) is 36.7 Å². The fourth-order valence-electron chi connectivity index (χ4n) is 3.08. The van der Waals surface area contributed by atoms with Crippen molar-refractivity contribution in [3.8, 4) is 17.3 Å². The smallest absolute Gasteiger partial charge is 0.134 e. The molecule has 2 nitrogen and oxygen atoms in total. The van der Waals surface area contributed by atoms with Gasteiger partial charge in [-0.2, -0.15) is 5.26 Å². The Morgan fingerprint density at radius 1 is 1.09 bits per heavy atom. The molecule has 1 aromatic heterocycles. The van der Waals surface area contributed by atoms with Crippen molar-refractivity contribution >= 4 is 16.9 Å². The predicted molar refractivity (Wildman–Crippen MR) is 92.8 cm³/mol. The lowest BCUT2D eigenvalue weighted by atomic mass is 9.99. The van der Waals surface area contributed by atoms with Gasteiger partial charge in [0.1, 0.15) is 11.1 Å². The summed E-state index contributed by atoms with van der Waals surface area (Å²) in [6, 6.07) is 6.81. The van der Waals surface area contributed by atoms with Crippen LogP contribution in [0.2, 0.25) is 0 Å². The second-order valence-corrected chi connectivity index (χ2v) is 6.94. The van der Waals surface area contributed by atoms with Gasteiger partial charge in [-0.15, -0.1) is 11.3 Å². The van der Waals surface area contributed by atoms with Gasteiger partial charge >= 0.3 is 0 Å². The van der Waals surface area contributed by atoms with Gasteiger partial charge in [0.05, 0.1) is 11.3 Å². The molecule has 0 aliphatic heterocycles. The Morgan fingerprint density at radius 3 is 2.45 bits per heavy atom. The maximum atomic E-state index is 9.51. The second kappa shape index (κ2) is 6.06. The number of nitriles is 1.